The first-order valence-corrected chi connectivity index (χ1v) is 10.8. The number of thioether (sulfide) groups is 1. The number of amides is 2. The van der Waals surface area contributed by atoms with E-state index in [1.54, 1.807) is 6.07 Å². The number of anilines is 1. The first-order valence-electron chi connectivity index (χ1n) is 8.87. The lowest BCUT2D eigenvalue weighted by Gasteiger charge is -2.49. The number of β-lactam (4-membered cyclic amide) rings is 1. The molecule has 1 saturated heterocycles. The van der Waals surface area contributed by atoms with Crippen LogP contribution in [0.1, 0.15) is 12.6 Å². The van der Waals surface area contributed by atoms with Gasteiger partial charge in [0.15, 0.2) is 10.8 Å². The van der Waals surface area contributed by atoms with E-state index in [0.717, 1.165) is 16.2 Å². The van der Waals surface area contributed by atoms with Crippen LogP contribution >= 0.6 is 23.1 Å². The van der Waals surface area contributed by atoms with Gasteiger partial charge in [-0.1, -0.05) is 5.16 Å². The van der Waals surface area contributed by atoms with Gasteiger partial charge in [-0.3, -0.25) is 19.3 Å². The molecule has 168 valence electrons. The van der Waals surface area contributed by atoms with Gasteiger partial charge in [0.2, 0.25) is 6.61 Å². The number of aromatic nitrogens is 1. The van der Waals surface area contributed by atoms with E-state index in [1.165, 1.54) is 24.1 Å². The Morgan fingerprint density at radius 3 is 2.84 bits per heavy atom. The molecular weight excluding hydrogens is 464 g/mol. The minimum Gasteiger partial charge on any atom is -0.477 e. The van der Waals surface area contributed by atoms with E-state index in [-0.39, 0.29) is 40.2 Å². The molecule has 0 bridgehead atoms. The summed E-state index contributed by atoms with van der Waals surface area (Å²) in [6.45, 7) is 0.522. The molecule has 2 aliphatic rings. The van der Waals surface area contributed by atoms with Crippen molar-refractivity contribution < 1.29 is 33.9 Å². The monoisotopic (exact) mass is 480 g/mol. The lowest BCUT2D eigenvalue weighted by atomic mass is 10.0. The number of nitrogens with two attached hydrogens (primary N) is 1. The molecule has 4 N–H and O–H groups in total. The van der Waals surface area contributed by atoms with Gasteiger partial charge in [-0.05, 0) is 0 Å². The normalized spacial score (nSPS) is 20.1. The number of hydrogen-bond donors (Lipinski definition) is 3. The molecule has 15 heteroatoms. The highest BCUT2D eigenvalue weighted by Crippen LogP contribution is 2.40. The number of fused-ring (bicyclic) bond motifs is 1. The van der Waals surface area contributed by atoms with Crippen LogP contribution in [0.15, 0.2) is 21.8 Å². The molecule has 1 aromatic rings. The van der Waals surface area contributed by atoms with Gasteiger partial charge in [-0.2, -0.15) is 5.26 Å². The van der Waals surface area contributed by atoms with Crippen LogP contribution in [0.3, 0.4) is 0 Å². The molecule has 0 aliphatic carbocycles. The van der Waals surface area contributed by atoms with E-state index in [1.807, 2.05) is 0 Å². The molecule has 0 radical (unpaired) electrons. The lowest BCUT2D eigenvalue weighted by Crippen LogP contribution is -2.71. The maximum Gasteiger partial charge on any atom is 0.352 e. The number of ether oxygens (including phenoxy) is 1. The molecule has 13 nitrogen and oxygen atoms in total. The zero-order valence-corrected chi connectivity index (χ0v) is 18.1. The van der Waals surface area contributed by atoms with E-state index >= 15 is 0 Å². The molecule has 3 heterocycles. The Kier molecular flexibility index (Phi) is 6.95. The summed E-state index contributed by atoms with van der Waals surface area (Å²) < 4.78 is 4.88. The summed E-state index contributed by atoms with van der Waals surface area (Å²) in [6.07, 6.45) is 0. The van der Waals surface area contributed by atoms with Crippen LogP contribution in [0.4, 0.5) is 5.13 Å². The summed E-state index contributed by atoms with van der Waals surface area (Å²) in [5, 5.41) is 25.2. The number of nitriles is 1. The summed E-state index contributed by atoms with van der Waals surface area (Å²) >= 11 is 2.27. The number of carboxylic acids is 1. The van der Waals surface area contributed by atoms with E-state index in [0.29, 0.717) is 0 Å². The molecule has 32 heavy (non-hydrogen) atoms. The average molecular weight is 480 g/mol. The van der Waals surface area contributed by atoms with Gasteiger partial charge in [-0.15, -0.1) is 23.1 Å². The first-order chi connectivity index (χ1) is 15.2. The molecular formula is C17H16N6O7S2. The van der Waals surface area contributed by atoms with E-state index in [4.69, 9.17) is 20.6 Å². The summed E-state index contributed by atoms with van der Waals surface area (Å²) in [5.41, 5.74) is 5.40. The van der Waals surface area contributed by atoms with Crippen LogP contribution in [0.5, 0.6) is 0 Å². The van der Waals surface area contributed by atoms with E-state index in [2.05, 4.69) is 15.5 Å². The van der Waals surface area contributed by atoms with Crippen LogP contribution in [0, 0.1) is 11.3 Å². The number of oxime groups is 1. The fraction of sp³-hybridized carbons (Fsp3) is 0.353. The topological polar surface area (TPSA) is 197 Å². The van der Waals surface area contributed by atoms with Crippen molar-refractivity contribution in [2.45, 2.75) is 18.3 Å². The zero-order chi connectivity index (χ0) is 23.4. The summed E-state index contributed by atoms with van der Waals surface area (Å²) in [5.74, 6) is -3.20. The number of nitrogen functional groups attached to an aromatic ring is 1. The van der Waals surface area contributed by atoms with Crippen LogP contribution in [-0.2, 0) is 28.8 Å². The van der Waals surface area contributed by atoms with Crippen LogP contribution in [0.25, 0.3) is 0 Å². The number of hydrogen-bond acceptors (Lipinski definition) is 12. The molecule has 1 fully saturated rings. The third kappa shape index (κ3) is 4.65. The van der Waals surface area contributed by atoms with E-state index in [9.17, 15) is 24.3 Å². The van der Waals surface area contributed by atoms with Gasteiger partial charge in [0.05, 0.1) is 0 Å². The van der Waals surface area contributed by atoms with Gasteiger partial charge in [0.1, 0.15) is 35.5 Å². The van der Waals surface area contributed by atoms with Crippen molar-refractivity contribution in [1.82, 2.24) is 15.2 Å². The Bertz CT molecular complexity index is 1080. The fourth-order valence-electron chi connectivity index (χ4n) is 2.92. The standard InChI is InChI=1S/C17H16N6O7S2/c1-7(24)29-4-8-5-31-15-11(14(26)23(15)12(8)16(27)28)21-13(25)10(22-30-3-2-18)9-6-32-17(19)20-9/h6,11,15H,3-5H2,1H3,(H2,19,20)(H,21,25)(H,27,28)/t11-,15-/m1/s1. The Hall–Kier alpha value is -3.64. The molecule has 2 aliphatic heterocycles. The molecule has 2 atom stereocenters. The van der Waals surface area contributed by atoms with Crippen molar-refractivity contribution in [3.63, 3.8) is 0 Å². The van der Waals surface area contributed by atoms with Crippen molar-refractivity contribution in [3.05, 3.63) is 22.3 Å². The zero-order valence-electron chi connectivity index (χ0n) is 16.4. The lowest BCUT2D eigenvalue weighted by molar-refractivity contribution is -0.150. The minimum absolute atomic E-state index is 0.0951. The first kappa shape index (κ1) is 23.0. The van der Waals surface area contributed by atoms with Crippen molar-refractivity contribution >= 4 is 57.7 Å². The van der Waals surface area contributed by atoms with Crippen molar-refractivity contribution in [2.24, 2.45) is 5.16 Å². The summed E-state index contributed by atoms with van der Waals surface area (Å²) in [7, 11) is 0. The van der Waals surface area contributed by atoms with Gasteiger partial charge >= 0.3 is 11.9 Å². The Morgan fingerprint density at radius 2 is 2.25 bits per heavy atom. The molecule has 0 unspecified atom stereocenters. The summed E-state index contributed by atoms with van der Waals surface area (Å²) in [4.78, 5) is 58.1. The van der Waals surface area contributed by atoms with Crippen molar-refractivity contribution in [3.8, 4) is 6.07 Å². The van der Waals surface area contributed by atoms with Gasteiger partial charge in [0.25, 0.3) is 11.8 Å². The van der Waals surface area contributed by atoms with Gasteiger partial charge in [-0.25, -0.2) is 9.78 Å². The minimum atomic E-state index is -1.35. The number of carboxylic acid groups (broad SMARTS) is 1. The fourth-order valence-corrected chi connectivity index (χ4v) is 4.79. The molecule has 0 spiro atoms. The molecule has 0 saturated carbocycles. The third-order valence-corrected chi connectivity index (χ3v) is 6.26. The predicted octanol–water partition coefficient (Wildman–Crippen LogP) is -0.729. The highest BCUT2D eigenvalue weighted by Gasteiger charge is 2.54. The number of rotatable bonds is 8. The number of thiazole rings is 1. The Labute approximate surface area is 188 Å². The second kappa shape index (κ2) is 9.66. The third-order valence-electron chi connectivity index (χ3n) is 4.25. The molecule has 2 amide bonds. The molecule has 1 aromatic heterocycles. The molecule has 0 aromatic carbocycles. The van der Waals surface area contributed by atoms with Crippen LogP contribution < -0.4 is 11.1 Å². The Balaban J connectivity index is 1.78. The number of nitrogens with zero attached hydrogens (tertiary/aromatic N) is 4. The average Bonchev–Trinajstić information content (AvgIpc) is 3.18. The maximum atomic E-state index is 12.8. The summed E-state index contributed by atoms with van der Waals surface area (Å²) in [6, 6.07) is 0.670. The SMILES string of the molecule is CC(=O)OCC1=C(C(=O)O)N2C(=O)[C@@H](NC(=O)C(=NOCC#N)c3csc(N)n3)[C@H]2SC1. The molecule has 3 rings (SSSR count). The van der Waals surface area contributed by atoms with Gasteiger partial charge in [0, 0.05) is 23.6 Å². The number of carbonyl (C=O) groups is 4. The number of aliphatic carboxylic acids is 1. The van der Waals surface area contributed by atoms with Crippen LogP contribution in [-0.4, -0.2) is 74.8 Å². The van der Waals surface area contributed by atoms with Crippen molar-refractivity contribution in [2.75, 3.05) is 24.7 Å². The second-order valence-corrected chi connectivity index (χ2v) is 8.34. The number of esters is 1. The number of nitrogens with one attached hydrogen (secondary N) is 1. The van der Waals surface area contributed by atoms with E-state index < -0.39 is 41.8 Å². The quantitative estimate of drug-likeness (QED) is 0.139. The van der Waals surface area contributed by atoms with Crippen molar-refractivity contribution in [1.29, 1.82) is 5.26 Å². The smallest absolute Gasteiger partial charge is 0.352 e. The maximum absolute atomic E-state index is 12.8. The Morgan fingerprint density at radius 1 is 1.50 bits per heavy atom. The number of carbonyl (C=O) groups excluding carboxylic acids is 3. The highest BCUT2D eigenvalue weighted by atomic mass is 32.2. The van der Waals surface area contributed by atoms with Gasteiger partial charge < -0.3 is 25.7 Å². The predicted molar refractivity (Wildman–Crippen MR) is 111 cm³/mol. The largest absolute Gasteiger partial charge is 0.477 e. The van der Waals surface area contributed by atoms with Crippen LogP contribution in [0.2, 0.25) is 0 Å². The highest BCUT2D eigenvalue weighted by molar-refractivity contribution is 8.00. The second-order valence-electron chi connectivity index (χ2n) is 6.34.